The highest BCUT2D eigenvalue weighted by Gasteiger charge is 2.22. The average molecular weight is 573 g/mol. The lowest BCUT2D eigenvalue weighted by Gasteiger charge is -2.06. The van der Waals surface area contributed by atoms with Crippen LogP contribution in [0.4, 0.5) is 11.4 Å². The molecular weight excluding hydrogens is 532 g/mol. The molecule has 8 heteroatoms. The summed E-state index contributed by atoms with van der Waals surface area (Å²) in [5.74, 6) is 1.72. The van der Waals surface area contributed by atoms with Crippen molar-refractivity contribution in [3.8, 4) is 11.5 Å². The van der Waals surface area contributed by atoms with Crippen molar-refractivity contribution in [2.75, 3.05) is 52.9 Å². The fourth-order valence-corrected chi connectivity index (χ4v) is 3.97. The fraction of sp³-hybridized carbons (Fsp3) is 0.412. The summed E-state index contributed by atoms with van der Waals surface area (Å²) < 4.78 is 33.0. The van der Waals surface area contributed by atoms with Crippen LogP contribution >= 0.6 is 0 Å². The summed E-state index contributed by atoms with van der Waals surface area (Å²) in [4.78, 5) is 9.17. The van der Waals surface area contributed by atoms with Crippen molar-refractivity contribution in [3.63, 3.8) is 0 Å². The molecule has 0 aromatic heterocycles. The summed E-state index contributed by atoms with van der Waals surface area (Å²) in [6, 6.07) is 23.8. The van der Waals surface area contributed by atoms with Gasteiger partial charge in [-0.3, -0.25) is 9.98 Å². The molecule has 2 fully saturated rings. The minimum atomic E-state index is 0.331. The van der Waals surface area contributed by atoms with Crippen LogP contribution in [0.5, 0.6) is 11.5 Å². The van der Waals surface area contributed by atoms with Crippen molar-refractivity contribution in [1.82, 2.24) is 0 Å². The molecule has 0 radical (unpaired) electrons. The first-order valence-corrected chi connectivity index (χ1v) is 14.8. The molecule has 0 saturated carbocycles. The predicted octanol–water partition coefficient (Wildman–Crippen LogP) is 6.34. The Morgan fingerprint density at radius 2 is 0.929 bits per heavy atom. The third-order valence-corrected chi connectivity index (χ3v) is 6.65. The molecule has 2 aliphatic heterocycles. The van der Waals surface area contributed by atoms with Gasteiger partial charge in [0.05, 0.1) is 51.0 Å². The number of hydrogen-bond acceptors (Lipinski definition) is 8. The maximum Gasteiger partial charge on any atom is 0.119 e. The van der Waals surface area contributed by atoms with E-state index in [1.807, 2.05) is 85.2 Å². The van der Waals surface area contributed by atoms with E-state index in [0.717, 1.165) is 86.1 Å². The second kappa shape index (κ2) is 16.8. The van der Waals surface area contributed by atoms with E-state index < -0.39 is 0 Å². The topological polar surface area (TPSA) is 86.7 Å². The number of epoxide rings is 2. The molecule has 3 aromatic carbocycles. The maximum absolute atomic E-state index is 5.82. The number of aliphatic imine (C=N–C) groups is 2. The minimum absolute atomic E-state index is 0.331. The number of rotatable bonds is 20. The lowest BCUT2D eigenvalue weighted by atomic mass is 10.2. The third-order valence-electron chi connectivity index (χ3n) is 6.65. The zero-order chi connectivity index (χ0) is 28.7. The van der Waals surface area contributed by atoms with Crippen molar-refractivity contribution in [2.45, 2.75) is 37.9 Å². The highest BCUT2D eigenvalue weighted by atomic mass is 16.6. The summed E-state index contributed by atoms with van der Waals surface area (Å²) in [7, 11) is 0. The first kappa shape index (κ1) is 29.9. The molecule has 5 rings (SSSR count). The predicted molar refractivity (Wildman–Crippen MR) is 164 cm³/mol. The van der Waals surface area contributed by atoms with Crippen LogP contribution in [-0.4, -0.2) is 77.5 Å². The van der Waals surface area contributed by atoms with Crippen molar-refractivity contribution < 1.29 is 28.4 Å². The SMILES string of the molecule is C(=Nc1ccc(N=Cc2ccc(OCCCCOCC3CO3)cc2)cc1)c1ccc(OCCCCOCC2CO2)cc1. The average Bonchev–Trinajstić information content (AvgIpc) is 3.96. The van der Waals surface area contributed by atoms with E-state index in [9.17, 15) is 0 Å². The first-order chi connectivity index (χ1) is 20.8. The molecule has 222 valence electrons. The standard InChI is InChI=1S/C34H40N2O6/c1(17-37-23-33-25-41-33)3-19-39-31-13-5-27(6-14-31)21-35-29-9-11-30(12-10-29)36-22-28-7-15-32(16-8-28)40-20-4-2-18-38-24-34-26-42-34/h5-16,21-22,33-34H,1-4,17-20,23-26H2. The largest absolute Gasteiger partial charge is 0.494 e. The molecule has 2 heterocycles. The number of unbranched alkanes of at least 4 members (excludes halogenated alkanes) is 2. The number of hydrogen-bond donors (Lipinski definition) is 0. The van der Waals surface area contributed by atoms with Crippen molar-refractivity contribution in [2.24, 2.45) is 9.98 Å². The molecule has 3 aromatic rings. The van der Waals surface area contributed by atoms with Crippen molar-refractivity contribution in [3.05, 3.63) is 83.9 Å². The van der Waals surface area contributed by atoms with E-state index in [0.29, 0.717) is 38.6 Å². The van der Waals surface area contributed by atoms with E-state index in [-0.39, 0.29) is 0 Å². The monoisotopic (exact) mass is 572 g/mol. The number of ether oxygens (including phenoxy) is 6. The van der Waals surface area contributed by atoms with E-state index in [4.69, 9.17) is 28.4 Å². The van der Waals surface area contributed by atoms with Crippen LogP contribution in [0.3, 0.4) is 0 Å². The zero-order valence-corrected chi connectivity index (χ0v) is 24.1. The highest BCUT2D eigenvalue weighted by Crippen LogP contribution is 2.20. The van der Waals surface area contributed by atoms with E-state index in [1.165, 1.54) is 0 Å². The molecule has 0 aliphatic carbocycles. The molecule has 2 atom stereocenters. The van der Waals surface area contributed by atoms with Gasteiger partial charge in [-0.25, -0.2) is 0 Å². The molecular formula is C34H40N2O6. The Labute approximate surface area is 248 Å². The van der Waals surface area contributed by atoms with Gasteiger partial charge in [-0.15, -0.1) is 0 Å². The third kappa shape index (κ3) is 11.7. The van der Waals surface area contributed by atoms with Gasteiger partial charge in [0.1, 0.15) is 23.7 Å². The summed E-state index contributed by atoms with van der Waals surface area (Å²) in [5, 5.41) is 0. The van der Waals surface area contributed by atoms with Gasteiger partial charge in [0.25, 0.3) is 0 Å². The van der Waals surface area contributed by atoms with Crippen molar-refractivity contribution >= 4 is 23.8 Å². The lowest BCUT2D eigenvalue weighted by molar-refractivity contribution is 0.110. The van der Waals surface area contributed by atoms with Gasteiger partial charge in [-0.1, -0.05) is 0 Å². The molecule has 0 bridgehead atoms. The molecule has 2 unspecified atom stereocenters. The Bertz CT molecular complexity index is 1140. The second-order valence-corrected chi connectivity index (χ2v) is 10.3. The molecule has 8 nitrogen and oxygen atoms in total. The van der Waals surface area contributed by atoms with Gasteiger partial charge in [-0.2, -0.15) is 0 Å². The Balaban J connectivity index is 0.960. The number of nitrogens with zero attached hydrogens (tertiary/aromatic N) is 2. The Hall–Kier alpha value is -3.56. The highest BCUT2D eigenvalue weighted by molar-refractivity contribution is 5.83. The van der Waals surface area contributed by atoms with E-state index in [2.05, 4.69) is 9.98 Å². The zero-order valence-electron chi connectivity index (χ0n) is 24.1. The van der Waals surface area contributed by atoms with Crippen molar-refractivity contribution in [1.29, 1.82) is 0 Å². The summed E-state index contributed by atoms with van der Waals surface area (Å²) in [6.07, 6.45) is 8.26. The molecule has 0 spiro atoms. The van der Waals surface area contributed by atoms with Crippen LogP contribution in [0, 0.1) is 0 Å². The summed E-state index contributed by atoms with van der Waals surface area (Å²) >= 11 is 0. The molecule has 0 N–H and O–H groups in total. The van der Waals surface area contributed by atoms with Crippen LogP contribution in [-0.2, 0) is 18.9 Å². The lowest BCUT2D eigenvalue weighted by Crippen LogP contribution is -2.04. The smallest absolute Gasteiger partial charge is 0.119 e. The normalized spacial score (nSPS) is 17.6. The van der Waals surface area contributed by atoms with Crippen LogP contribution in [0.1, 0.15) is 36.8 Å². The Morgan fingerprint density at radius 1 is 0.548 bits per heavy atom. The van der Waals surface area contributed by atoms with E-state index in [1.54, 1.807) is 0 Å². The van der Waals surface area contributed by atoms with E-state index >= 15 is 0 Å². The van der Waals surface area contributed by atoms with Gasteiger partial charge in [-0.05, 0) is 110 Å². The minimum Gasteiger partial charge on any atom is -0.494 e. The molecule has 0 amide bonds. The second-order valence-electron chi connectivity index (χ2n) is 10.3. The number of benzene rings is 3. The van der Waals surface area contributed by atoms with Gasteiger partial charge in [0, 0.05) is 25.6 Å². The van der Waals surface area contributed by atoms with Gasteiger partial charge in [0.2, 0.25) is 0 Å². The maximum atomic E-state index is 5.82. The summed E-state index contributed by atoms with van der Waals surface area (Å²) in [5.41, 5.74) is 3.77. The Morgan fingerprint density at radius 3 is 1.31 bits per heavy atom. The van der Waals surface area contributed by atoms with Crippen LogP contribution in [0.15, 0.2) is 82.8 Å². The summed E-state index contributed by atoms with van der Waals surface area (Å²) in [6.45, 7) is 5.98. The van der Waals surface area contributed by atoms with Crippen LogP contribution in [0.2, 0.25) is 0 Å². The molecule has 42 heavy (non-hydrogen) atoms. The molecule has 2 aliphatic rings. The Kier molecular flexibility index (Phi) is 11.9. The van der Waals surface area contributed by atoms with Crippen LogP contribution < -0.4 is 9.47 Å². The molecule has 2 saturated heterocycles. The van der Waals surface area contributed by atoms with Gasteiger partial charge in [0.15, 0.2) is 0 Å². The quantitative estimate of drug-likeness (QED) is 0.0893. The fourth-order valence-electron chi connectivity index (χ4n) is 3.97. The van der Waals surface area contributed by atoms with Gasteiger partial charge < -0.3 is 28.4 Å². The van der Waals surface area contributed by atoms with Gasteiger partial charge >= 0.3 is 0 Å². The first-order valence-electron chi connectivity index (χ1n) is 14.8. The van der Waals surface area contributed by atoms with Crippen LogP contribution in [0.25, 0.3) is 0 Å².